The first kappa shape index (κ1) is 10.0. The fourth-order valence-corrected chi connectivity index (χ4v) is 0.725. The van der Waals surface area contributed by atoms with E-state index < -0.39 is 19.8 Å². The summed E-state index contributed by atoms with van der Waals surface area (Å²) >= 11 is 0. The topological polar surface area (TPSA) is 63.6 Å². The molecule has 0 bridgehead atoms. The number of ether oxygens (including phenoxy) is 1. The van der Waals surface area contributed by atoms with Crippen LogP contribution in [0.25, 0.3) is 0 Å². The molecule has 1 N–H and O–H groups in total. The monoisotopic (exact) mass is 175 g/mol. The molecule has 0 aromatic rings. The highest BCUT2D eigenvalue weighted by atomic mass is 31.1. The average Bonchev–Trinajstić information content (AvgIpc) is 1.99. The third-order valence-electron chi connectivity index (χ3n) is 0.823. The molecule has 0 aliphatic rings. The highest BCUT2D eigenvalue weighted by Crippen LogP contribution is 2.24. The molecule has 11 heavy (non-hydrogen) atoms. The molecular formula is C6H8O4P+. The summed E-state index contributed by atoms with van der Waals surface area (Å²) < 4.78 is 14.7. The van der Waals surface area contributed by atoms with Gasteiger partial charge in [0.2, 0.25) is 0 Å². The van der Waals surface area contributed by atoms with Gasteiger partial charge in [0, 0.05) is 12.2 Å². The van der Waals surface area contributed by atoms with Gasteiger partial charge in [0.15, 0.2) is 0 Å². The molecule has 0 fully saturated rings. The van der Waals surface area contributed by atoms with Crippen molar-refractivity contribution in [3.8, 4) is 0 Å². The van der Waals surface area contributed by atoms with E-state index in [-0.39, 0.29) is 0 Å². The van der Waals surface area contributed by atoms with E-state index in [9.17, 15) is 9.36 Å². The quantitative estimate of drug-likeness (QED) is 0.299. The van der Waals surface area contributed by atoms with Gasteiger partial charge >= 0.3 is 19.8 Å². The maximum atomic E-state index is 10.5. The van der Waals surface area contributed by atoms with Crippen LogP contribution in [0.2, 0.25) is 0 Å². The minimum Gasteiger partial charge on any atom is -0.407 e. The number of hydrogen-bond donors (Lipinski definition) is 1. The van der Waals surface area contributed by atoms with Crippen molar-refractivity contribution in [2.75, 3.05) is 0 Å². The Morgan fingerprint density at radius 1 is 1.64 bits per heavy atom. The van der Waals surface area contributed by atoms with Crippen LogP contribution in [0.5, 0.6) is 0 Å². The molecule has 2 unspecified atom stereocenters. The third-order valence-corrected chi connectivity index (χ3v) is 1.57. The first-order valence-electron chi connectivity index (χ1n) is 2.72. The molecule has 0 rings (SSSR count). The third kappa shape index (κ3) is 3.65. The van der Waals surface area contributed by atoms with Gasteiger partial charge in [0.25, 0.3) is 0 Å². The predicted molar refractivity (Wildman–Crippen MR) is 40.1 cm³/mol. The normalized spacial score (nSPS) is 13.0. The second-order valence-electron chi connectivity index (χ2n) is 1.57. The van der Waals surface area contributed by atoms with Crippen LogP contribution in [0.3, 0.4) is 0 Å². The van der Waals surface area contributed by atoms with Crippen LogP contribution in [0.1, 0.15) is 0 Å². The zero-order chi connectivity index (χ0) is 8.85. The Hall–Kier alpha value is -0.990. The number of hydrogen-bond acceptors (Lipinski definition) is 3. The zero-order valence-electron chi connectivity index (χ0n) is 5.77. The summed E-state index contributed by atoms with van der Waals surface area (Å²) in [5.74, 6) is -1.89. The van der Waals surface area contributed by atoms with Crippen molar-refractivity contribution < 1.29 is 19.0 Å². The Morgan fingerprint density at radius 3 is 2.45 bits per heavy atom. The lowest BCUT2D eigenvalue weighted by molar-refractivity contribution is -0.138. The minimum atomic E-state index is -2.56. The molecule has 0 aromatic heterocycles. The van der Waals surface area contributed by atoms with Gasteiger partial charge in [-0.1, -0.05) is 13.2 Å². The van der Waals surface area contributed by atoms with Gasteiger partial charge in [-0.2, -0.15) is 4.89 Å². The number of carbonyl (C=O) groups is 1. The average molecular weight is 175 g/mol. The first-order valence-corrected chi connectivity index (χ1v) is 4.00. The van der Waals surface area contributed by atoms with Gasteiger partial charge in [-0.15, -0.1) is 0 Å². The maximum absolute atomic E-state index is 10.5. The molecule has 0 amide bonds. The standard InChI is InChI=1S/C6H7O4P/c1-3-5(7)10-6(4-2)11(8)9/h3-4,6H,1-2H2/p+1. The van der Waals surface area contributed by atoms with Crippen molar-refractivity contribution in [2.24, 2.45) is 0 Å². The molecule has 5 heteroatoms. The summed E-state index contributed by atoms with van der Waals surface area (Å²) in [6, 6.07) is 0. The summed E-state index contributed by atoms with van der Waals surface area (Å²) in [6.45, 7) is 6.34. The van der Waals surface area contributed by atoms with E-state index in [1.165, 1.54) is 0 Å². The van der Waals surface area contributed by atoms with Gasteiger partial charge < -0.3 is 4.74 Å². The SMILES string of the molecule is C=CC(=O)OC(C=C)[P+](=O)O. The van der Waals surface area contributed by atoms with Crippen LogP contribution in [0, 0.1) is 0 Å². The van der Waals surface area contributed by atoms with Gasteiger partial charge in [0.1, 0.15) is 0 Å². The Morgan fingerprint density at radius 2 is 2.18 bits per heavy atom. The number of carbonyl (C=O) groups excluding carboxylic acids is 1. The van der Waals surface area contributed by atoms with Gasteiger partial charge in [-0.25, -0.2) is 4.79 Å². The highest BCUT2D eigenvalue weighted by Gasteiger charge is 2.28. The van der Waals surface area contributed by atoms with Crippen molar-refractivity contribution in [2.45, 2.75) is 5.85 Å². The van der Waals surface area contributed by atoms with Crippen LogP contribution in [-0.2, 0) is 14.1 Å². The van der Waals surface area contributed by atoms with Gasteiger partial charge in [0.05, 0.1) is 0 Å². The molecule has 4 nitrogen and oxygen atoms in total. The second-order valence-corrected chi connectivity index (χ2v) is 2.68. The van der Waals surface area contributed by atoms with Crippen molar-refractivity contribution >= 4 is 14.0 Å². The zero-order valence-corrected chi connectivity index (χ0v) is 6.66. The summed E-state index contributed by atoms with van der Waals surface area (Å²) in [5.41, 5.74) is 0. The smallest absolute Gasteiger partial charge is 0.407 e. The fourth-order valence-electron chi connectivity index (χ4n) is 0.350. The predicted octanol–water partition coefficient (Wildman–Crippen LogP) is 0.962. The Labute approximate surface area is 65.0 Å². The molecule has 0 aliphatic heterocycles. The summed E-state index contributed by atoms with van der Waals surface area (Å²) in [6.07, 6.45) is 2.00. The van der Waals surface area contributed by atoms with Crippen molar-refractivity contribution in [1.82, 2.24) is 0 Å². The molecule has 60 valence electrons. The molecule has 0 saturated heterocycles. The van der Waals surface area contributed by atoms with Crippen molar-refractivity contribution in [3.05, 3.63) is 25.3 Å². The molecule has 0 saturated carbocycles. The number of esters is 1. The maximum Gasteiger partial charge on any atom is 0.555 e. The van der Waals surface area contributed by atoms with Crippen molar-refractivity contribution in [1.29, 1.82) is 0 Å². The van der Waals surface area contributed by atoms with E-state index in [4.69, 9.17) is 4.89 Å². The molecule has 0 spiro atoms. The molecule has 0 aromatic carbocycles. The van der Waals surface area contributed by atoms with Crippen LogP contribution in [-0.4, -0.2) is 16.7 Å². The first-order chi connectivity index (χ1) is 5.11. The van der Waals surface area contributed by atoms with E-state index in [1.54, 1.807) is 0 Å². The minimum absolute atomic E-state index is 0.743. The van der Waals surface area contributed by atoms with E-state index >= 15 is 0 Å². The molecule has 0 radical (unpaired) electrons. The Bertz CT molecular complexity index is 199. The largest absolute Gasteiger partial charge is 0.555 e. The van der Waals surface area contributed by atoms with Crippen LogP contribution < -0.4 is 0 Å². The Kier molecular flexibility index (Phi) is 4.34. The molecule has 2 atom stereocenters. The lowest BCUT2D eigenvalue weighted by atomic mass is 10.6. The van der Waals surface area contributed by atoms with Crippen molar-refractivity contribution in [3.63, 3.8) is 0 Å². The van der Waals surface area contributed by atoms with Crippen LogP contribution in [0.4, 0.5) is 0 Å². The summed E-state index contributed by atoms with van der Waals surface area (Å²) in [7, 11) is -2.56. The van der Waals surface area contributed by atoms with E-state index in [2.05, 4.69) is 17.9 Å². The van der Waals surface area contributed by atoms with Gasteiger partial charge in [-0.3, -0.25) is 0 Å². The fraction of sp³-hybridized carbons (Fsp3) is 0.167. The van der Waals surface area contributed by atoms with E-state index in [1.807, 2.05) is 0 Å². The Balaban J connectivity index is 4.08. The van der Waals surface area contributed by atoms with E-state index in [0.717, 1.165) is 12.2 Å². The molecular weight excluding hydrogens is 167 g/mol. The van der Waals surface area contributed by atoms with E-state index in [0.29, 0.717) is 0 Å². The summed E-state index contributed by atoms with van der Waals surface area (Å²) in [5, 5.41) is 0. The van der Waals surface area contributed by atoms with Gasteiger partial charge in [-0.05, 0) is 4.57 Å². The van der Waals surface area contributed by atoms with Crippen LogP contribution >= 0.6 is 8.03 Å². The second kappa shape index (κ2) is 4.77. The van der Waals surface area contributed by atoms with Crippen LogP contribution in [0.15, 0.2) is 25.3 Å². The summed E-state index contributed by atoms with van der Waals surface area (Å²) in [4.78, 5) is 18.9. The lowest BCUT2D eigenvalue weighted by Gasteiger charge is -1.97. The number of rotatable bonds is 4. The molecule has 0 aliphatic carbocycles. The molecule has 0 heterocycles. The highest BCUT2D eigenvalue weighted by molar-refractivity contribution is 7.38. The lowest BCUT2D eigenvalue weighted by Crippen LogP contribution is -2.09.